The van der Waals surface area contributed by atoms with Gasteiger partial charge in [0.1, 0.15) is 5.82 Å². The second-order valence-electron chi connectivity index (χ2n) is 3.09. The smallest absolute Gasteiger partial charge is 0.264 e. The topological polar surface area (TPSA) is 26.0 Å². The number of hydrogen-bond donors (Lipinski definition) is 1. The summed E-state index contributed by atoms with van der Waals surface area (Å²) in [6.45, 7) is -0.812. The maximum atomic E-state index is 13.0. The fourth-order valence-corrected chi connectivity index (χ4v) is 1.50. The predicted octanol–water partition coefficient (Wildman–Crippen LogP) is 3.27. The van der Waals surface area contributed by atoms with E-state index in [-0.39, 0.29) is 15.6 Å². The number of benzene rings is 1. The zero-order chi connectivity index (χ0) is 11.6. The van der Waals surface area contributed by atoms with Crippen LogP contribution < -0.4 is 5.73 Å². The van der Waals surface area contributed by atoms with Crippen LogP contribution in [0.15, 0.2) is 12.1 Å². The van der Waals surface area contributed by atoms with Crippen LogP contribution in [-0.4, -0.2) is 12.5 Å². The van der Waals surface area contributed by atoms with Crippen LogP contribution in [0.25, 0.3) is 0 Å². The molecule has 0 aliphatic heterocycles. The molecule has 2 N–H and O–H groups in total. The number of nitrogens with two attached hydrogens (primary N) is 1. The molecule has 0 aliphatic carbocycles. The van der Waals surface area contributed by atoms with Gasteiger partial charge in [-0.1, -0.05) is 23.2 Å². The molecular weight excluding hydrogens is 250 g/mol. The third kappa shape index (κ3) is 3.26. The highest BCUT2D eigenvalue weighted by Gasteiger charge is 2.28. The van der Waals surface area contributed by atoms with Crippen molar-refractivity contribution in [1.82, 2.24) is 0 Å². The van der Waals surface area contributed by atoms with Crippen molar-refractivity contribution in [3.05, 3.63) is 33.6 Å². The molecule has 0 fully saturated rings. The molecule has 84 valence electrons. The third-order valence-corrected chi connectivity index (χ3v) is 2.48. The molecule has 0 amide bonds. The average Bonchev–Trinajstić information content (AvgIpc) is 2.14. The Balaban J connectivity index is 3.01. The van der Waals surface area contributed by atoms with Crippen LogP contribution in [0.2, 0.25) is 10.0 Å². The van der Waals surface area contributed by atoms with Gasteiger partial charge in [0.2, 0.25) is 0 Å². The van der Waals surface area contributed by atoms with Crippen molar-refractivity contribution in [2.45, 2.75) is 12.3 Å². The zero-order valence-corrected chi connectivity index (χ0v) is 9.05. The van der Waals surface area contributed by atoms with Crippen molar-refractivity contribution < 1.29 is 13.2 Å². The normalized spacial score (nSPS) is 11.9. The number of rotatable bonds is 3. The molecule has 0 radical (unpaired) electrons. The van der Waals surface area contributed by atoms with Gasteiger partial charge in [-0.3, -0.25) is 0 Å². The molecule has 0 unspecified atom stereocenters. The first-order valence-electron chi connectivity index (χ1n) is 4.07. The molecule has 1 aromatic carbocycles. The van der Waals surface area contributed by atoms with Gasteiger partial charge in [-0.2, -0.15) is 0 Å². The molecule has 6 heteroatoms. The second-order valence-corrected chi connectivity index (χ2v) is 3.91. The van der Waals surface area contributed by atoms with Crippen LogP contribution in [0, 0.1) is 5.82 Å². The molecule has 0 aliphatic rings. The van der Waals surface area contributed by atoms with Gasteiger partial charge in [-0.25, -0.2) is 13.2 Å². The first kappa shape index (κ1) is 12.6. The van der Waals surface area contributed by atoms with E-state index in [9.17, 15) is 13.2 Å². The van der Waals surface area contributed by atoms with Gasteiger partial charge in [0.25, 0.3) is 5.92 Å². The predicted molar refractivity (Wildman–Crippen MR) is 54.1 cm³/mol. The highest BCUT2D eigenvalue weighted by molar-refractivity contribution is 6.35. The van der Waals surface area contributed by atoms with Crippen LogP contribution in [0.3, 0.4) is 0 Å². The molecule has 0 bridgehead atoms. The molecule has 0 heterocycles. The van der Waals surface area contributed by atoms with Crippen molar-refractivity contribution >= 4 is 23.2 Å². The second kappa shape index (κ2) is 4.60. The van der Waals surface area contributed by atoms with Crippen molar-refractivity contribution in [2.24, 2.45) is 5.73 Å². The molecule has 1 aromatic rings. The number of hydrogen-bond acceptors (Lipinski definition) is 1. The van der Waals surface area contributed by atoms with Crippen LogP contribution >= 0.6 is 23.2 Å². The lowest BCUT2D eigenvalue weighted by atomic mass is 10.1. The molecule has 0 saturated heterocycles. The minimum absolute atomic E-state index is 0.00554. The summed E-state index contributed by atoms with van der Waals surface area (Å²) in [5.41, 5.74) is 4.85. The highest BCUT2D eigenvalue weighted by atomic mass is 35.5. The monoisotopic (exact) mass is 257 g/mol. The highest BCUT2D eigenvalue weighted by Crippen LogP contribution is 2.28. The van der Waals surface area contributed by atoms with Crippen molar-refractivity contribution in [2.75, 3.05) is 6.54 Å². The first-order chi connectivity index (χ1) is 6.85. The van der Waals surface area contributed by atoms with Crippen LogP contribution in [0.4, 0.5) is 13.2 Å². The fraction of sp³-hybridized carbons (Fsp3) is 0.333. The molecule has 0 aromatic heterocycles. The van der Waals surface area contributed by atoms with Crippen LogP contribution in [0.5, 0.6) is 0 Å². The minimum Gasteiger partial charge on any atom is -0.325 e. The summed E-state index contributed by atoms with van der Waals surface area (Å²) in [4.78, 5) is 0. The lowest BCUT2D eigenvalue weighted by Crippen LogP contribution is -2.30. The number of alkyl halides is 2. The largest absolute Gasteiger partial charge is 0.325 e. The molecular formula is C9H8Cl2F3N. The summed E-state index contributed by atoms with van der Waals surface area (Å²) in [7, 11) is 0. The van der Waals surface area contributed by atoms with E-state index in [0.717, 1.165) is 12.1 Å². The molecule has 1 nitrogen and oxygen atoms in total. The van der Waals surface area contributed by atoms with E-state index >= 15 is 0 Å². The molecule has 1 rings (SSSR count). The van der Waals surface area contributed by atoms with Crippen molar-refractivity contribution in [1.29, 1.82) is 0 Å². The molecule has 0 atom stereocenters. The Morgan fingerprint density at radius 1 is 1.20 bits per heavy atom. The van der Waals surface area contributed by atoms with Gasteiger partial charge in [0, 0.05) is 11.4 Å². The Hall–Kier alpha value is -0.450. The van der Waals surface area contributed by atoms with Gasteiger partial charge < -0.3 is 5.73 Å². The van der Waals surface area contributed by atoms with Gasteiger partial charge in [0.05, 0.1) is 11.6 Å². The maximum Gasteiger partial charge on any atom is 0.264 e. The Labute approximate surface area is 95.0 Å². The first-order valence-corrected chi connectivity index (χ1v) is 4.82. The SMILES string of the molecule is NCC(F)(F)Cc1cc(F)c(Cl)cc1Cl. The Morgan fingerprint density at radius 3 is 2.33 bits per heavy atom. The standard InChI is InChI=1S/C9H8Cl2F3N/c10-6-2-7(11)8(12)1-5(6)3-9(13,14)4-15/h1-2H,3-4,15H2. The van der Waals surface area contributed by atoms with E-state index in [4.69, 9.17) is 28.9 Å². The summed E-state index contributed by atoms with van der Waals surface area (Å²) >= 11 is 11.1. The maximum absolute atomic E-state index is 13.0. The molecule has 0 saturated carbocycles. The zero-order valence-electron chi connectivity index (χ0n) is 7.54. The molecule has 15 heavy (non-hydrogen) atoms. The summed E-state index contributed by atoms with van der Waals surface area (Å²) in [5, 5.41) is -0.186. The van der Waals surface area contributed by atoms with Crippen LogP contribution in [-0.2, 0) is 6.42 Å². The van der Waals surface area contributed by atoms with Gasteiger partial charge in [0.15, 0.2) is 0 Å². The minimum atomic E-state index is -3.09. The van der Waals surface area contributed by atoms with Gasteiger partial charge in [-0.15, -0.1) is 0 Å². The molecule has 0 spiro atoms. The van der Waals surface area contributed by atoms with E-state index in [1.54, 1.807) is 0 Å². The van der Waals surface area contributed by atoms with E-state index < -0.39 is 24.7 Å². The van der Waals surface area contributed by atoms with Gasteiger partial charge >= 0.3 is 0 Å². The quantitative estimate of drug-likeness (QED) is 0.827. The van der Waals surface area contributed by atoms with E-state index in [1.165, 1.54) is 0 Å². The Bertz CT molecular complexity index is 369. The summed E-state index contributed by atoms with van der Waals surface area (Å²) < 4.78 is 38.8. The lowest BCUT2D eigenvalue weighted by molar-refractivity contribution is 0.0114. The number of halogens is 5. The summed E-state index contributed by atoms with van der Waals surface area (Å²) in [5.74, 6) is -3.87. The Kier molecular flexibility index (Phi) is 3.87. The average molecular weight is 258 g/mol. The van der Waals surface area contributed by atoms with Crippen LogP contribution in [0.1, 0.15) is 5.56 Å². The summed E-state index contributed by atoms with van der Waals surface area (Å²) in [6, 6.07) is 1.99. The van der Waals surface area contributed by atoms with Crippen molar-refractivity contribution in [3.8, 4) is 0 Å². The Morgan fingerprint density at radius 2 is 1.80 bits per heavy atom. The van der Waals surface area contributed by atoms with E-state index in [1.807, 2.05) is 0 Å². The van der Waals surface area contributed by atoms with E-state index in [2.05, 4.69) is 0 Å². The van der Waals surface area contributed by atoms with Gasteiger partial charge in [-0.05, 0) is 17.7 Å². The lowest BCUT2D eigenvalue weighted by Gasteiger charge is -2.14. The van der Waals surface area contributed by atoms with E-state index in [0.29, 0.717) is 0 Å². The third-order valence-electron chi connectivity index (χ3n) is 1.84. The fourth-order valence-electron chi connectivity index (χ4n) is 1.05. The van der Waals surface area contributed by atoms with Crippen molar-refractivity contribution in [3.63, 3.8) is 0 Å². The summed E-state index contributed by atoms with van der Waals surface area (Å²) in [6.07, 6.45) is -0.698.